The minimum absolute atomic E-state index is 0. The molecule has 1 unspecified atom stereocenters. The van der Waals surface area contributed by atoms with Crippen LogP contribution in [-0.2, 0) is 0 Å². The van der Waals surface area contributed by atoms with Crippen LogP contribution < -0.4 is 12.4 Å². The molecule has 2 bridgehead atoms. The second-order valence-electron chi connectivity index (χ2n) is 6.85. The summed E-state index contributed by atoms with van der Waals surface area (Å²) in [5.41, 5.74) is 0.696. The molecule has 108 valence electrons. The van der Waals surface area contributed by atoms with Crippen LogP contribution in [0.5, 0.6) is 0 Å². The topological polar surface area (TPSA) is 20.2 Å². The zero-order valence-electron chi connectivity index (χ0n) is 12.3. The first-order chi connectivity index (χ1) is 7.94. The standard InChI is InChI=1S/C15H29OSe.ClH/c1-5-6-9-17(4)11-15-8-7-12(10-13(15)16)14(15,2)3;/h12-13,16H,5-11H2,1-4H3;1H/q+1;/p-1/t12-,13-,15-,17?;/m1./s1. The zero-order chi connectivity index (χ0) is 12.7. The van der Waals surface area contributed by atoms with E-state index in [4.69, 9.17) is 0 Å². The van der Waals surface area contributed by atoms with Gasteiger partial charge in [0.25, 0.3) is 0 Å². The molecule has 0 aromatic heterocycles. The Hall–Kier alpha value is 0.769. The zero-order valence-corrected chi connectivity index (χ0v) is 14.8. The third-order valence-electron chi connectivity index (χ3n) is 5.74. The molecule has 0 aliphatic heterocycles. The van der Waals surface area contributed by atoms with Gasteiger partial charge >= 0.3 is 111 Å². The van der Waals surface area contributed by atoms with E-state index in [1.165, 1.54) is 36.3 Å². The SMILES string of the molecule is CCCC[Se+](C)C[C@]12CC[C@H](C[C@H]1O)C2(C)C.[Cl-]. The van der Waals surface area contributed by atoms with Crippen LogP contribution in [0.15, 0.2) is 0 Å². The van der Waals surface area contributed by atoms with E-state index in [1.54, 1.807) is 0 Å². The summed E-state index contributed by atoms with van der Waals surface area (Å²) in [4.78, 5) is 0. The molecule has 0 spiro atoms. The van der Waals surface area contributed by atoms with Crippen LogP contribution in [0.4, 0.5) is 0 Å². The molecular weight excluding hydrogens is 311 g/mol. The number of hydrogen-bond donors (Lipinski definition) is 1. The van der Waals surface area contributed by atoms with Crippen LogP contribution in [0.25, 0.3) is 0 Å². The van der Waals surface area contributed by atoms with Crippen molar-refractivity contribution >= 4 is 13.9 Å². The Morgan fingerprint density at radius 1 is 1.33 bits per heavy atom. The van der Waals surface area contributed by atoms with Crippen molar-refractivity contribution < 1.29 is 17.5 Å². The average Bonchev–Trinajstić information content (AvgIpc) is 2.60. The molecule has 0 aromatic carbocycles. The molecule has 3 heteroatoms. The fourth-order valence-electron chi connectivity index (χ4n) is 4.28. The largest absolute Gasteiger partial charge is 1.00 e. The van der Waals surface area contributed by atoms with Crippen LogP contribution in [0.3, 0.4) is 0 Å². The van der Waals surface area contributed by atoms with Crippen LogP contribution >= 0.6 is 0 Å². The predicted molar refractivity (Wildman–Crippen MR) is 75.7 cm³/mol. The van der Waals surface area contributed by atoms with Crippen molar-refractivity contribution in [3.8, 4) is 0 Å². The third kappa shape index (κ3) is 2.51. The van der Waals surface area contributed by atoms with Gasteiger partial charge in [0.1, 0.15) is 0 Å². The van der Waals surface area contributed by atoms with E-state index in [0.717, 1.165) is 12.3 Å². The maximum absolute atomic E-state index is 10.5. The summed E-state index contributed by atoms with van der Waals surface area (Å²) in [7, 11) is 0. The first-order valence-electron chi connectivity index (χ1n) is 7.21. The normalized spacial score (nSPS) is 38.5. The summed E-state index contributed by atoms with van der Waals surface area (Å²) in [5.74, 6) is 3.31. The second-order valence-corrected chi connectivity index (χ2v) is 11.6. The Kier molecular flexibility index (Phi) is 5.64. The van der Waals surface area contributed by atoms with Gasteiger partial charge in [0, 0.05) is 0 Å². The fourth-order valence-corrected chi connectivity index (χ4v) is 9.56. The maximum Gasteiger partial charge on any atom is -1.00 e. The van der Waals surface area contributed by atoms with Gasteiger partial charge in [-0.3, -0.25) is 0 Å². The Balaban J connectivity index is 0.00000162. The van der Waals surface area contributed by atoms with Crippen molar-refractivity contribution in [3.05, 3.63) is 0 Å². The molecule has 2 saturated carbocycles. The summed E-state index contributed by atoms with van der Waals surface area (Å²) >= 11 is -0.473. The van der Waals surface area contributed by atoms with Crippen molar-refractivity contribution in [2.24, 2.45) is 16.7 Å². The molecular formula is C15H29ClOSe. The van der Waals surface area contributed by atoms with Gasteiger partial charge in [0.15, 0.2) is 0 Å². The first-order valence-corrected chi connectivity index (χ1v) is 11.3. The second kappa shape index (κ2) is 6.04. The summed E-state index contributed by atoms with van der Waals surface area (Å²) in [6.07, 6.45) is 6.48. The van der Waals surface area contributed by atoms with E-state index in [2.05, 4.69) is 26.6 Å². The molecule has 2 aliphatic rings. The summed E-state index contributed by atoms with van der Waals surface area (Å²) in [6.45, 7) is 7.15. The first kappa shape index (κ1) is 16.8. The quantitative estimate of drug-likeness (QED) is 0.744. The van der Waals surface area contributed by atoms with Crippen LogP contribution in [0, 0.1) is 16.7 Å². The van der Waals surface area contributed by atoms with Gasteiger partial charge in [0.05, 0.1) is 0 Å². The fraction of sp³-hybridized carbons (Fsp3) is 1.00. The van der Waals surface area contributed by atoms with E-state index in [-0.39, 0.29) is 18.5 Å². The Morgan fingerprint density at radius 3 is 2.44 bits per heavy atom. The molecule has 0 saturated heterocycles. The van der Waals surface area contributed by atoms with E-state index in [0.29, 0.717) is 10.8 Å². The summed E-state index contributed by atoms with van der Waals surface area (Å²) < 4.78 is 0. The monoisotopic (exact) mass is 340 g/mol. The third-order valence-corrected chi connectivity index (χ3v) is 9.92. The van der Waals surface area contributed by atoms with Crippen LogP contribution in [0.2, 0.25) is 16.5 Å². The van der Waals surface area contributed by atoms with Crippen LogP contribution in [-0.4, -0.2) is 25.1 Å². The van der Waals surface area contributed by atoms with Crippen molar-refractivity contribution in [2.45, 2.75) is 75.4 Å². The van der Waals surface area contributed by atoms with Crippen molar-refractivity contribution in [1.29, 1.82) is 0 Å². The molecule has 0 heterocycles. The molecule has 0 radical (unpaired) electrons. The molecule has 2 aliphatic carbocycles. The number of aliphatic hydroxyl groups excluding tert-OH is 1. The molecule has 2 rings (SSSR count). The van der Waals surface area contributed by atoms with Gasteiger partial charge in [-0.15, -0.1) is 0 Å². The number of rotatable bonds is 5. The summed E-state index contributed by atoms with van der Waals surface area (Å²) in [5, 5.41) is 13.3. The molecule has 0 aromatic rings. The van der Waals surface area contributed by atoms with Crippen molar-refractivity contribution in [3.63, 3.8) is 0 Å². The average molecular weight is 340 g/mol. The van der Waals surface area contributed by atoms with Gasteiger partial charge in [0.2, 0.25) is 0 Å². The Morgan fingerprint density at radius 2 is 2.00 bits per heavy atom. The number of aliphatic hydroxyl groups is 1. The maximum atomic E-state index is 10.5. The number of hydrogen-bond acceptors (Lipinski definition) is 1. The minimum Gasteiger partial charge on any atom is -1.00 e. The molecule has 4 atom stereocenters. The summed E-state index contributed by atoms with van der Waals surface area (Å²) in [6, 6.07) is 0. The van der Waals surface area contributed by atoms with E-state index < -0.39 is 13.9 Å². The molecule has 1 N–H and O–H groups in total. The van der Waals surface area contributed by atoms with Gasteiger partial charge in [-0.1, -0.05) is 0 Å². The van der Waals surface area contributed by atoms with Gasteiger partial charge in [-0.2, -0.15) is 0 Å². The minimum atomic E-state index is -0.473. The van der Waals surface area contributed by atoms with Gasteiger partial charge in [-0.25, -0.2) is 0 Å². The van der Waals surface area contributed by atoms with E-state index in [1.807, 2.05) is 0 Å². The Bertz CT molecular complexity index is 282. The number of unbranched alkanes of at least 4 members (excludes halogenated alkanes) is 1. The van der Waals surface area contributed by atoms with Crippen molar-refractivity contribution in [2.75, 3.05) is 0 Å². The molecule has 0 amide bonds. The number of fused-ring (bicyclic) bond motifs is 2. The van der Waals surface area contributed by atoms with Crippen LogP contribution in [0.1, 0.15) is 52.9 Å². The van der Waals surface area contributed by atoms with Crippen molar-refractivity contribution in [1.82, 2.24) is 0 Å². The molecule has 18 heavy (non-hydrogen) atoms. The predicted octanol–water partition coefficient (Wildman–Crippen LogP) is 1.10. The van der Waals surface area contributed by atoms with Gasteiger partial charge < -0.3 is 12.4 Å². The number of halogens is 1. The molecule has 1 nitrogen and oxygen atoms in total. The van der Waals surface area contributed by atoms with E-state index >= 15 is 0 Å². The molecule has 2 fully saturated rings. The van der Waals surface area contributed by atoms with E-state index in [9.17, 15) is 5.11 Å². The smallest absolute Gasteiger partial charge is 1.00 e. The van der Waals surface area contributed by atoms with Gasteiger partial charge in [-0.05, 0) is 0 Å². The Labute approximate surface area is 123 Å².